The van der Waals surface area contributed by atoms with Crippen molar-refractivity contribution in [2.45, 2.75) is 57.8 Å². The zero-order valence-corrected chi connectivity index (χ0v) is 12.0. The highest BCUT2D eigenvalue weighted by atomic mass is 19.2. The highest BCUT2D eigenvalue weighted by Crippen LogP contribution is 2.39. The van der Waals surface area contributed by atoms with Gasteiger partial charge in [-0.05, 0) is 49.1 Å². The largest absolute Gasteiger partial charge is 0.203 e. The van der Waals surface area contributed by atoms with Gasteiger partial charge in [0, 0.05) is 0 Å². The number of nitrogens with zero attached hydrogens (tertiary/aromatic N) is 1. The average molecular weight is 277 g/mol. The Morgan fingerprint density at radius 2 is 1.85 bits per heavy atom. The second-order valence-corrected chi connectivity index (χ2v) is 5.80. The Balaban J connectivity index is 2.04. The lowest BCUT2D eigenvalue weighted by Gasteiger charge is -2.29. The maximum Gasteiger partial charge on any atom is 0.176 e. The van der Waals surface area contributed by atoms with Crippen LogP contribution in [0.1, 0.15) is 68.9 Å². The van der Waals surface area contributed by atoms with Crippen molar-refractivity contribution < 1.29 is 8.78 Å². The van der Waals surface area contributed by atoms with Crippen molar-refractivity contribution in [3.63, 3.8) is 0 Å². The Morgan fingerprint density at radius 1 is 1.15 bits per heavy atom. The second kappa shape index (κ2) is 6.83. The van der Waals surface area contributed by atoms with Crippen molar-refractivity contribution in [2.75, 3.05) is 0 Å². The SMILES string of the molecule is CCCCC1CCC(c2ccc(C#N)c(F)c2F)CC1. The fraction of sp³-hybridized carbons (Fsp3) is 0.588. The first-order valence-corrected chi connectivity index (χ1v) is 7.55. The first kappa shape index (κ1) is 15.0. The number of unbranched alkanes of at least 4 members (excludes halogenated alkanes) is 1. The lowest BCUT2D eigenvalue weighted by molar-refractivity contribution is 0.299. The number of benzene rings is 1. The summed E-state index contributed by atoms with van der Waals surface area (Å²) in [6.07, 6.45) is 7.79. The molecule has 1 nitrogen and oxygen atoms in total. The maximum absolute atomic E-state index is 14.0. The normalized spacial score (nSPS) is 22.5. The summed E-state index contributed by atoms with van der Waals surface area (Å²) in [6, 6.07) is 4.67. The molecule has 0 amide bonds. The second-order valence-electron chi connectivity index (χ2n) is 5.80. The van der Waals surface area contributed by atoms with Gasteiger partial charge >= 0.3 is 0 Å². The van der Waals surface area contributed by atoms with Crippen molar-refractivity contribution >= 4 is 0 Å². The molecule has 3 heteroatoms. The van der Waals surface area contributed by atoms with Gasteiger partial charge in [0.2, 0.25) is 0 Å². The van der Waals surface area contributed by atoms with Crippen LogP contribution in [-0.2, 0) is 0 Å². The zero-order chi connectivity index (χ0) is 14.5. The Kier molecular flexibility index (Phi) is 5.11. The Bertz CT molecular complexity index is 496. The molecule has 0 radical (unpaired) electrons. The van der Waals surface area contributed by atoms with Gasteiger partial charge in [0.25, 0.3) is 0 Å². The zero-order valence-electron chi connectivity index (χ0n) is 12.0. The van der Waals surface area contributed by atoms with Crippen LogP contribution in [0.2, 0.25) is 0 Å². The third kappa shape index (κ3) is 3.17. The minimum Gasteiger partial charge on any atom is -0.203 e. The van der Waals surface area contributed by atoms with E-state index >= 15 is 0 Å². The highest BCUT2D eigenvalue weighted by molar-refractivity contribution is 5.36. The topological polar surface area (TPSA) is 23.8 Å². The lowest BCUT2D eigenvalue weighted by Crippen LogP contribution is -2.15. The molecule has 0 aromatic heterocycles. The van der Waals surface area contributed by atoms with Crippen molar-refractivity contribution in [3.8, 4) is 6.07 Å². The molecule has 0 saturated heterocycles. The highest BCUT2D eigenvalue weighted by Gasteiger charge is 2.26. The van der Waals surface area contributed by atoms with Gasteiger partial charge in [0.15, 0.2) is 11.6 Å². The van der Waals surface area contributed by atoms with Crippen molar-refractivity contribution in [2.24, 2.45) is 5.92 Å². The van der Waals surface area contributed by atoms with E-state index < -0.39 is 11.6 Å². The van der Waals surface area contributed by atoms with Gasteiger partial charge in [-0.15, -0.1) is 0 Å². The average Bonchev–Trinajstić information content (AvgIpc) is 2.48. The molecule has 0 N–H and O–H groups in total. The molecule has 0 aliphatic heterocycles. The van der Waals surface area contributed by atoms with Gasteiger partial charge < -0.3 is 0 Å². The first-order chi connectivity index (χ1) is 9.67. The molecule has 0 heterocycles. The van der Waals surface area contributed by atoms with E-state index in [-0.39, 0.29) is 11.5 Å². The molecular formula is C17H21F2N. The molecule has 1 saturated carbocycles. The lowest BCUT2D eigenvalue weighted by atomic mass is 9.77. The molecule has 2 rings (SSSR count). The van der Waals surface area contributed by atoms with Crippen LogP contribution < -0.4 is 0 Å². The van der Waals surface area contributed by atoms with E-state index in [9.17, 15) is 8.78 Å². The van der Waals surface area contributed by atoms with Crippen molar-refractivity contribution in [1.82, 2.24) is 0 Å². The van der Waals surface area contributed by atoms with Gasteiger partial charge in [0.1, 0.15) is 6.07 Å². The predicted molar refractivity (Wildman–Crippen MR) is 75.3 cm³/mol. The van der Waals surface area contributed by atoms with Gasteiger partial charge in [-0.25, -0.2) is 8.78 Å². The molecule has 1 aromatic rings. The molecule has 1 aliphatic carbocycles. The summed E-state index contributed by atoms with van der Waals surface area (Å²) >= 11 is 0. The monoisotopic (exact) mass is 277 g/mol. The van der Waals surface area contributed by atoms with Gasteiger partial charge in [-0.1, -0.05) is 32.3 Å². The smallest absolute Gasteiger partial charge is 0.176 e. The molecule has 20 heavy (non-hydrogen) atoms. The van der Waals surface area contributed by atoms with E-state index in [4.69, 9.17) is 5.26 Å². The first-order valence-electron chi connectivity index (χ1n) is 7.55. The van der Waals surface area contributed by atoms with Crippen molar-refractivity contribution in [1.29, 1.82) is 5.26 Å². The summed E-state index contributed by atoms with van der Waals surface area (Å²) in [4.78, 5) is 0. The molecule has 108 valence electrons. The predicted octanol–water partition coefficient (Wildman–Crippen LogP) is 5.30. The molecule has 0 atom stereocenters. The van der Waals surface area contributed by atoms with E-state index in [2.05, 4.69) is 6.92 Å². The van der Waals surface area contributed by atoms with Crippen LogP contribution in [0.5, 0.6) is 0 Å². The summed E-state index contributed by atoms with van der Waals surface area (Å²) < 4.78 is 27.7. The maximum atomic E-state index is 14.0. The number of nitriles is 1. The van der Waals surface area contributed by atoms with E-state index in [1.807, 2.05) is 0 Å². The standard InChI is InChI=1S/C17H21F2N/c1-2-3-4-12-5-7-13(8-6-12)15-10-9-14(11-20)16(18)17(15)19/h9-10,12-13H,2-8H2,1H3. The fourth-order valence-corrected chi connectivity index (χ4v) is 3.22. The van der Waals surface area contributed by atoms with Gasteiger partial charge in [0.05, 0.1) is 5.56 Å². The fourth-order valence-electron chi connectivity index (χ4n) is 3.22. The molecular weight excluding hydrogens is 256 g/mol. The summed E-state index contributed by atoms with van der Waals surface area (Å²) in [7, 11) is 0. The third-order valence-corrected chi connectivity index (χ3v) is 4.49. The van der Waals surface area contributed by atoms with E-state index in [1.54, 1.807) is 12.1 Å². The van der Waals surface area contributed by atoms with Crippen LogP contribution in [0, 0.1) is 28.9 Å². The number of halogens is 2. The van der Waals surface area contributed by atoms with Crippen LogP contribution >= 0.6 is 0 Å². The third-order valence-electron chi connectivity index (χ3n) is 4.49. The van der Waals surface area contributed by atoms with Crippen LogP contribution in [0.4, 0.5) is 8.78 Å². The summed E-state index contributed by atoms with van der Waals surface area (Å²) in [5.74, 6) is -0.952. The minimum absolute atomic E-state index is 0.107. The van der Waals surface area contributed by atoms with Crippen LogP contribution in [0.25, 0.3) is 0 Å². The molecule has 0 bridgehead atoms. The van der Waals surface area contributed by atoms with E-state index in [0.717, 1.165) is 31.6 Å². The van der Waals surface area contributed by atoms with Crippen molar-refractivity contribution in [3.05, 3.63) is 34.9 Å². The Morgan fingerprint density at radius 3 is 2.45 bits per heavy atom. The van der Waals surface area contributed by atoms with Crippen LogP contribution in [0.15, 0.2) is 12.1 Å². The Hall–Kier alpha value is -1.43. The summed E-state index contributed by atoms with van der Waals surface area (Å²) in [6.45, 7) is 2.19. The number of rotatable bonds is 4. The summed E-state index contributed by atoms with van der Waals surface area (Å²) in [5, 5.41) is 8.70. The van der Waals surface area contributed by atoms with Gasteiger partial charge in [-0.3, -0.25) is 0 Å². The van der Waals surface area contributed by atoms with Crippen LogP contribution in [0.3, 0.4) is 0 Å². The molecule has 1 aliphatic rings. The molecule has 0 unspecified atom stereocenters. The number of hydrogen-bond acceptors (Lipinski definition) is 1. The molecule has 0 spiro atoms. The van der Waals surface area contributed by atoms with E-state index in [1.165, 1.54) is 25.3 Å². The quantitative estimate of drug-likeness (QED) is 0.732. The molecule has 1 aromatic carbocycles. The van der Waals surface area contributed by atoms with E-state index in [0.29, 0.717) is 5.56 Å². The molecule has 1 fully saturated rings. The number of hydrogen-bond donors (Lipinski definition) is 0. The Labute approximate surface area is 119 Å². The van der Waals surface area contributed by atoms with Crippen LogP contribution in [-0.4, -0.2) is 0 Å². The minimum atomic E-state index is -0.988. The summed E-state index contributed by atoms with van der Waals surface area (Å²) in [5.41, 5.74) is 0.248. The van der Waals surface area contributed by atoms with Gasteiger partial charge in [-0.2, -0.15) is 5.26 Å².